The smallest absolute Gasteiger partial charge is 0.273 e. The minimum absolute atomic E-state index is 0.0289. The summed E-state index contributed by atoms with van der Waals surface area (Å²) in [5.74, 6) is -0.00900. The van der Waals surface area contributed by atoms with Gasteiger partial charge in [-0.3, -0.25) is 9.59 Å². The average Bonchev–Trinajstić information content (AvgIpc) is 3.85. The number of hydrogen-bond acceptors (Lipinski definition) is 11. The number of benzene rings is 2. The maximum atomic E-state index is 12.9. The van der Waals surface area contributed by atoms with Crippen molar-refractivity contribution in [1.82, 2.24) is 30.6 Å². The maximum Gasteiger partial charge on any atom is 0.273 e. The Morgan fingerprint density at radius 2 is 1.23 bits per heavy atom. The van der Waals surface area contributed by atoms with Crippen LogP contribution in [0.25, 0.3) is 57.2 Å². The Balaban J connectivity index is 1.28. The zero-order chi connectivity index (χ0) is 29.3. The molecule has 0 radical (unpaired) electrons. The molecule has 0 fully saturated rings. The second-order valence-electron chi connectivity index (χ2n) is 9.74. The number of rotatable bonds is 2. The highest BCUT2D eigenvalue weighted by atomic mass is 16.4. The van der Waals surface area contributed by atoms with Gasteiger partial charge in [0.05, 0.1) is 12.2 Å². The summed E-state index contributed by atoms with van der Waals surface area (Å²) < 4.78 is 22.6. The lowest BCUT2D eigenvalue weighted by Gasteiger charge is -2.16. The van der Waals surface area contributed by atoms with Gasteiger partial charge in [0.1, 0.15) is 31.1 Å². The van der Waals surface area contributed by atoms with Gasteiger partial charge in [-0.15, -0.1) is 0 Å². The largest absolute Gasteiger partial charge is 0.444 e. The number of oxazole rings is 4. The molecule has 4 N–H and O–H groups in total. The van der Waals surface area contributed by atoms with Crippen LogP contribution < -0.4 is 16.4 Å². The lowest BCUT2D eigenvalue weighted by atomic mass is 10.0. The van der Waals surface area contributed by atoms with Crippen LogP contribution in [-0.4, -0.2) is 44.3 Å². The number of amides is 2. The molecule has 4 aromatic heterocycles. The van der Waals surface area contributed by atoms with Gasteiger partial charge in [0, 0.05) is 11.1 Å². The summed E-state index contributed by atoms with van der Waals surface area (Å²) >= 11 is 0. The predicted molar refractivity (Wildman–Crippen MR) is 151 cm³/mol. The van der Waals surface area contributed by atoms with Gasteiger partial charge in [-0.05, 0) is 48.4 Å². The number of fused-ring (bicyclic) bond motifs is 17. The molecule has 0 unspecified atom stereocenters. The van der Waals surface area contributed by atoms with Crippen LogP contribution in [-0.2, 0) is 11.3 Å². The molecule has 5 heterocycles. The van der Waals surface area contributed by atoms with Crippen LogP contribution in [0.5, 0.6) is 0 Å². The van der Waals surface area contributed by atoms with Crippen LogP contribution in [0.1, 0.15) is 22.6 Å². The summed E-state index contributed by atoms with van der Waals surface area (Å²) in [6, 6.07) is 14.5. The van der Waals surface area contributed by atoms with Gasteiger partial charge in [0.2, 0.25) is 29.5 Å². The zero-order valence-electron chi connectivity index (χ0n) is 22.4. The summed E-state index contributed by atoms with van der Waals surface area (Å²) in [4.78, 5) is 43.6. The molecule has 13 nitrogen and oxygen atoms in total. The van der Waals surface area contributed by atoms with Crippen LogP contribution >= 0.6 is 0 Å². The topological polar surface area (TPSA) is 188 Å². The summed E-state index contributed by atoms with van der Waals surface area (Å²) in [5.41, 5.74) is 10.2. The quantitative estimate of drug-likeness (QED) is 0.269. The van der Waals surface area contributed by atoms with Crippen molar-refractivity contribution in [2.24, 2.45) is 5.73 Å². The number of nitrogens with two attached hydrogens (primary N) is 1. The molecule has 6 aromatic rings. The van der Waals surface area contributed by atoms with Gasteiger partial charge in [0.25, 0.3) is 5.91 Å². The molecule has 0 saturated heterocycles. The molecular weight excluding hydrogens is 554 g/mol. The van der Waals surface area contributed by atoms with E-state index in [0.29, 0.717) is 28.9 Å². The minimum Gasteiger partial charge on any atom is -0.444 e. The zero-order valence-corrected chi connectivity index (χ0v) is 22.4. The van der Waals surface area contributed by atoms with E-state index in [1.165, 1.54) is 25.1 Å². The highest BCUT2D eigenvalue weighted by Crippen LogP contribution is 2.31. The molecule has 1 aliphatic heterocycles. The van der Waals surface area contributed by atoms with E-state index in [2.05, 4.69) is 30.6 Å². The van der Waals surface area contributed by atoms with Gasteiger partial charge in [-0.1, -0.05) is 24.3 Å². The summed E-state index contributed by atoms with van der Waals surface area (Å²) in [6.07, 6.45) is 5.66. The molecule has 0 spiro atoms. The van der Waals surface area contributed by atoms with Crippen LogP contribution in [0.4, 0.5) is 0 Å². The van der Waals surface area contributed by atoms with Crippen molar-refractivity contribution >= 4 is 11.8 Å². The maximum absolute atomic E-state index is 12.9. The molecule has 43 heavy (non-hydrogen) atoms. The molecule has 214 valence electrons. The average molecular weight is 578 g/mol. The molecule has 2 aromatic carbocycles. The van der Waals surface area contributed by atoms with E-state index >= 15 is 0 Å². The second kappa shape index (κ2) is 10.9. The highest BCUT2D eigenvalue weighted by molar-refractivity contribution is 5.96. The second-order valence-corrected chi connectivity index (χ2v) is 9.74. The van der Waals surface area contributed by atoms with Crippen molar-refractivity contribution < 1.29 is 27.3 Å². The third-order valence-electron chi connectivity index (χ3n) is 6.81. The fraction of sp³-hybridized carbons (Fsp3) is 0.133. The van der Waals surface area contributed by atoms with Gasteiger partial charge in [-0.2, -0.15) is 0 Å². The normalized spacial score (nSPS) is 15.0. The standard InChI is InChI=1S/C30H23N7O6/c31-8-7-21-25(38)32-11-20-12-40-29(33-20)23-14-41-27(36-23)18-5-1-3-16(9-18)17-4-2-6-19(10-17)28-37-24(15-42-28)30-35-22(13-43-30)26(39)34-21/h1-6,9-10,12-15,21H,7-8,11,31H2,(H,32,38)(H,34,39)/t21-/m0/s1. The predicted octanol–water partition coefficient (Wildman–Crippen LogP) is 4.05. The molecule has 12 bridgehead atoms. The van der Waals surface area contributed by atoms with E-state index in [9.17, 15) is 9.59 Å². The van der Waals surface area contributed by atoms with Crippen LogP contribution in [0.2, 0.25) is 0 Å². The van der Waals surface area contributed by atoms with Crippen LogP contribution in [0, 0.1) is 0 Å². The fourth-order valence-electron chi connectivity index (χ4n) is 4.64. The first kappa shape index (κ1) is 26.1. The van der Waals surface area contributed by atoms with Gasteiger partial charge >= 0.3 is 0 Å². The molecule has 2 amide bonds. The summed E-state index contributed by atoms with van der Waals surface area (Å²) in [5, 5.41) is 5.41. The fourth-order valence-corrected chi connectivity index (χ4v) is 4.64. The van der Waals surface area contributed by atoms with E-state index in [0.717, 1.165) is 22.3 Å². The molecule has 7 rings (SSSR count). The van der Waals surface area contributed by atoms with E-state index in [1.807, 2.05) is 48.5 Å². The molecular formula is C30H23N7O6. The lowest BCUT2D eigenvalue weighted by molar-refractivity contribution is -0.123. The molecule has 0 saturated carbocycles. The van der Waals surface area contributed by atoms with Crippen LogP contribution in [0.3, 0.4) is 0 Å². The van der Waals surface area contributed by atoms with Gasteiger partial charge < -0.3 is 34.0 Å². The number of aromatic nitrogens is 4. The molecule has 1 atom stereocenters. The molecule has 13 heteroatoms. The monoisotopic (exact) mass is 577 g/mol. The first-order chi connectivity index (χ1) is 21.0. The van der Waals surface area contributed by atoms with Crippen LogP contribution in [0.15, 0.2) is 91.3 Å². The SMILES string of the molecule is NCC[C@@H]1NC(=O)c2coc(n2)-c2coc(n2)-c2cccc(c2)-c2cccc(c2)-c2nc(co2)-c2nc(co2)CNC1=O. The summed E-state index contributed by atoms with van der Waals surface area (Å²) in [6.45, 7) is 0.213. The first-order valence-corrected chi connectivity index (χ1v) is 13.4. The van der Waals surface area contributed by atoms with E-state index in [1.54, 1.807) is 0 Å². The summed E-state index contributed by atoms with van der Waals surface area (Å²) in [7, 11) is 0. The van der Waals surface area contributed by atoms with Crippen molar-refractivity contribution in [3.05, 3.63) is 85.0 Å². The third kappa shape index (κ3) is 5.20. The third-order valence-corrected chi connectivity index (χ3v) is 6.81. The van der Waals surface area contributed by atoms with E-state index in [4.69, 9.17) is 23.4 Å². The minimum atomic E-state index is -0.922. The Kier molecular flexibility index (Phi) is 6.60. The van der Waals surface area contributed by atoms with Gasteiger partial charge in [0.15, 0.2) is 17.1 Å². The number of hydrogen-bond donors (Lipinski definition) is 3. The Morgan fingerprint density at radius 1 is 0.698 bits per heavy atom. The lowest BCUT2D eigenvalue weighted by Crippen LogP contribution is -2.47. The Morgan fingerprint density at radius 3 is 1.88 bits per heavy atom. The van der Waals surface area contributed by atoms with Crippen molar-refractivity contribution in [2.45, 2.75) is 19.0 Å². The molecule has 1 aliphatic rings. The van der Waals surface area contributed by atoms with Gasteiger partial charge in [-0.25, -0.2) is 19.9 Å². The Bertz CT molecular complexity index is 1950. The number of carbonyl (C=O) groups excluding carboxylic acids is 2. The molecule has 0 aliphatic carbocycles. The number of nitrogens with zero attached hydrogens (tertiary/aromatic N) is 4. The Hall–Kier alpha value is -5.82. The van der Waals surface area contributed by atoms with Crippen molar-refractivity contribution in [3.8, 4) is 57.2 Å². The first-order valence-electron chi connectivity index (χ1n) is 13.4. The Labute approximate surface area is 243 Å². The highest BCUT2D eigenvalue weighted by Gasteiger charge is 2.24. The van der Waals surface area contributed by atoms with Crippen molar-refractivity contribution in [3.63, 3.8) is 0 Å². The van der Waals surface area contributed by atoms with Crippen molar-refractivity contribution in [2.75, 3.05) is 6.54 Å². The van der Waals surface area contributed by atoms with E-state index in [-0.39, 0.29) is 37.0 Å². The number of nitrogens with one attached hydrogen (secondary N) is 2. The van der Waals surface area contributed by atoms with E-state index < -0.39 is 17.9 Å². The van der Waals surface area contributed by atoms with Crippen molar-refractivity contribution in [1.29, 1.82) is 0 Å². The number of carbonyl (C=O) groups is 2.